The van der Waals surface area contributed by atoms with Crippen molar-refractivity contribution in [2.45, 2.75) is 25.7 Å². The van der Waals surface area contributed by atoms with E-state index in [0.29, 0.717) is 22.3 Å². The van der Waals surface area contributed by atoms with Crippen LogP contribution in [0.1, 0.15) is 67.1 Å². The van der Waals surface area contributed by atoms with E-state index in [-0.39, 0.29) is 78.5 Å². The summed E-state index contributed by atoms with van der Waals surface area (Å²) in [6.07, 6.45) is 0.469. The molecule has 0 N–H and O–H groups in total. The first-order chi connectivity index (χ1) is 27.7. The number of hydrogen-bond acceptors (Lipinski definition) is 14. The third-order valence-electron chi connectivity index (χ3n) is 7.62. The molecule has 0 aliphatic carbocycles. The molecule has 0 bridgehead atoms. The van der Waals surface area contributed by atoms with Crippen molar-refractivity contribution in [3.63, 3.8) is 0 Å². The fourth-order valence-corrected chi connectivity index (χ4v) is 9.57. The fourth-order valence-electron chi connectivity index (χ4n) is 4.79. The molecule has 16 heteroatoms. The summed E-state index contributed by atoms with van der Waals surface area (Å²) in [5.41, 5.74) is 1.45. The second kappa shape index (κ2) is 24.6. The van der Waals surface area contributed by atoms with Crippen molar-refractivity contribution in [2.24, 2.45) is 0 Å². The van der Waals surface area contributed by atoms with Gasteiger partial charge in [0.05, 0.1) is 75.1 Å². The summed E-state index contributed by atoms with van der Waals surface area (Å²) >= 11 is 0. The standard InChI is InChI=1S/C41H46O14P2/c42-38(34-17-5-1-6-18-34)48-25-13-29-52-56(46,53-30-14-26-49-39(43)35-19-7-2-8-20-35)33-57(47,54-31-15-27-50-40(44)36-21-9-3-10-22-36)55-32-16-28-51-41(45)37-23-11-4-12-24-37/h1-12,17-24H,13-16,25-33H2. The van der Waals surface area contributed by atoms with Crippen molar-refractivity contribution in [1.82, 2.24) is 0 Å². The Kier molecular flexibility index (Phi) is 19.4. The molecule has 0 saturated carbocycles. The molecule has 14 nitrogen and oxygen atoms in total. The van der Waals surface area contributed by atoms with Crippen LogP contribution in [-0.4, -0.2) is 82.6 Å². The highest BCUT2D eigenvalue weighted by Gasteiger charge is 2.39. The van der Waals surface area contributed by atoms with Crippen molar-refractivity contribution in [2.75, 3.05) is 58.8 Å². The van der Waals surface area contributed by atoms with E-state index in [1.807, 2.05) is 0 Å². The molecule has 0 fully saturated rings. The Balaban J connectivity index is 1.36. The normalized spacial score (nSPS) is 11.4. The molecular formula is C41H46O14P2. The molecule has 0 aromatic heterocycles. The van der Waals surface area contributed by atoms with Gasteiger partial charge in [0.15, 0.2) is 5.90 Å². The van der Waals surface area contributed by atoms with E-state index in [4.69, 9.17) is 37.0 Å². The minimum Gasteiger partial charge on any atom is -0.462 e. The van der Waals surface area contributed by atoms with Gasteiger partial charge in [0.25, 0.3) is 0 Å². The van der Waals surface area contributed by atoms with E-state index in [2.05, 4.69) is 0 Å². The first-order valence-corrected chi connectivity index (χ1v) is 21.8. The fraction of sp³-hybridized carbons (Fsp3) is 0.317. The molecule has 4 aromatic rings. The average Bonchev–Trinajstić information content (AvgIpc) is 3.24. The van der Waals surface area contributed by atoms with E-state index >= 15 is 0 Å². The van der Waals surface area contributed by atoms with Gasteiger partial charge in [0, 0.05) is 25.7 Å². The number of rotatable bonds is 26. The molecule has 0 atom stereocenters. The predicted molar refractivity (Wildman–Crippen MR) is 209 cm³/mol. The quantitative estimate of drug-likeness (QED) is 0.0255. The van der Waals surface area contributed by atoms with Gasteiger partial charge in [-0.05, 0) is 48.5 Å². The largest absolute Gasteiger partial charge is 0.462 e. The van der Waals surface area contributed by atoms with Crippen molar-refractivity contribution < 1.29 is 65.4 Å². The molecule has 4 aromatic carbocycles. The molecule has 304 valence electrons. The van der Waals surface area contributed by atoms with Crippen LogP contribution in [0.15, 0.2) is 121 Å². The molecule has 0 unspecified atom stereocenters. The van der Waals surface area contributed by atoms with Gasteiger partial charge in [0.1, 0.15) is 0 Å². The summed E-state index contributed by atoms with van der Waals surface area (Å²) in [7, 11) is -8.54. The number of esters is 4. The Bertz CT molecular complexity index is 1640. The Morgan fingerprint density at radius 2 is 0.544 bits per heavy atom. The highest BCUT2D eigenvalue weighted by Crippen LogP contribution is 2.64. The molecule has 0 aliphatic heterocycles. The minimum atomic E-state index is -4.27. The van der Waals surface area contributed by atoms with Gasteiger partial charge in [-0.3, -0.25) is 9.13 Å². The van der Waals surface area contributed by atoms with Crippen LogP contribution >= 0.6 is 15.2 Å². The van der Waals surface area contributed by atoms with Crippen LogP contribution in [0.3, 0.4) is 0 Å². The SMILES string of the molecule is O=C(OCCCOP(=O)(CP(=O)(OCCCOC(=O)c1ccccc1)OCCCOC(=O)c1ccccc1)OCCCOC(=O)c1ccccc1)c1ccccc1. The van der Waals surface area contributed by atoms with Gasteiger partial charge in [-0.1, -0.05) is 72.8 Å². The number of carbonyl (C=O) groups excluding carboxylic acids is 4. The lowest BCUT2D eigenvalue weighted by atomic mass is 10.2. The second-order valence-corrected chi connectivity index (χ2v) is 16.7. The summed E-state index contributed by atoms with van der Waals surface area (Å²) in [5, 5.41) is 0. The number of carbonyl (C=O) groups is 4. The molecule has 0 heterocycles. The van der Waals surface area contributed by atoms with Crippen LogP contribution in [0, 0.1) is 0 Å². The minimum absolute atomic E-state index is 0.0722. The molecule has 0 radical (unpaired) electrons. The number of benzene rings is 4. The lowest BCUT2D eigenvalue weighted by molar-refractivity contribution is 0.0465. The molecule has 0 spiro atoms. The maximum atomic E-state index is 14.2. The lowest BCUT2D eigenvalue weighted by Gasteiger charge is -2.24. The molecule has 0 saturated heterocycles. The van der Waals surface area contributed by atoms with Gasteiger partial charge < -0.3 is 37.0 Å². The van der Waals surface area contributed by atoms with Crippen molar-refractivity contribution >= 4 is 39.1 Å². The second-order valence-electron chi connectivity index (χ2n) is 12.1. The molecular weight excluding hydrogens is 778 g/mol. The topological polar surface area (TPSA) is 176 Å². The van der Waals surface area contributed by atoms with Crippen molar-refractivity contribution in [3.05, 3.63) is 144 Å². The zero-order valence-corrected chi connectivity index (χ0v) is 33.1. The first kappa shape index (κ1) is 44.8. The van der Waals surface area contributed by atoms with E-state index in [1.54, 1.807) is 121 Å². The summed E-state index contributed by atoms with van der Waals surface area (Å²) in [6, 6.07) is 33.5. The van der Waals surface area contributed by atoms with Gasteiger partial charge in [0.2, 0.25) is 0 Å². The van der Waals surface area contributed by atoms with Crippen molar-refractivity contribution in [3.8, 4) is 0 Å². The smallest absolute Gasteiger partial charge is 0.342 e. The highest BCUT2D eigenvalue weighted by atomic mass is 31.2. The van der Waals surface area contributed by atoms with Gasteiger partial charge >= 0.3 is 39.1 Å². The van der Waals surface area contributed by atoms with E-state index in [1.165, 1.54) is 0 Å². The van der Waals surface area contributed by atoms with E-state index in [0.717, 1.165) is 0 Å². The van der Waals surface area contributed by atoms with Gasteiger partial charge in [-0.25, -0.2) is 19.2 Å². The van der Waals surface area contributed by atoms with Crippen LogP contribution in [0.25, 0.3) is 0 Å². The number of ether oxygens (including phenoxy) is 4. The zero-order valence-electron chi connectivity index (χ0n) is 31.3. The van der Waals surface area contributed by atoms with E-state index < -0.39 is 45.0 Å². The number of hydrogen-bond donors (Lipinski definition) is 0. The van der Waals surface area contributed by atoms with E-state index in [9.17, 15) is 28.3 Å². The van der Waals surface area contributed by atoms with Gasteiger partial charge in [-0.15, -0.1) is 0 Å². The summed E-state index contributed by atoms with van der Waals surface area (Å²) < 4.78 is 72.3. The van der Waals surface area contributed by atoms with Crippen LogP contribution < -0.4 is 0 Å². The predicted octanol–water partition coefficient (Wildman–Crippen LogP) is 8.38. The van der Waals surface area contributed by atoms with Crippen LogP contribution in [0.2, 0.25) is 0 Å². The summed E-state index contributed by atoms with van der Waals surface area (Å²) in [5.74, 6) is -2.99. The first-order valence-electron chi connectivity index (χ1n) is 18.3. The highest BCUT2D eigenvalue weighted by molar-refractivity contribution is 7.71. The summed E-state index contributed by atoms with van der Waals surface area (Å²) in [4.78, 5) is 49.4. The average molecular weight is 825 g/mol. The van der Waals surface area contributed by atoms with Crippen LogP contribution in [0.5, 0.6) is 0 Å². The van der Waals surface area contributed by atoms with Crippen LogP contribution in [-0.2, 0) is 46.2 Å². The maximum absolute atomic E-state index is 14.2. The molecule has 4 rings (SSSR count). The zero-order chi connectivity index (χ0) is 40.6. The Morgan fingerprint density at radius 1 is 0.333 bits per heavy atom. The Hall–Kier alpha value is -4.94. The van der Waals surface area contributed by atoms with Crippen molar-refractivity contribution in [1.29, 1.82) is 0 Å². The molecule has 57 heavy (non-hydrogen) atoms. The third kappa shape index (κ3) is 17.0. The summed E-state index contributed by atoms with van der Waals surface area (Å²) in [6.45, 7) is -1.15. The lowest BCUT2D eigenvalue weighted by Crippen LogP contribution is -2.13. The van der Waals surface area contributed by atoms with Gasteiger partial charge in [-0.2, -0.15) is 0 Å². The van der Waals surface area contributed by atoms with Crippen LogP contribution in [0.4, 0.5) is 0 Å². The Morgan fingerprint density at radius 3 is 0.754 bits per heavy atom. The monoisotopic (exact) mass is 824 g/mol. The Labute approximate surface area is 331 Å². The maximum Gasteiger partial charge on any atom is 0.342 e. The molecule has 0 amide bonds. The molecule has 0 aliphatic rings. The third-order valence-corrected chi connectivity index (χ3v) is 12.7.